The number of aromatic nitrogens is 3. The van der Waals surface area contributed by atoms with Gasteiger partial charge < -0.3 is 14.2 Å². The van der Waals surface area contributed by atoms with E-state index in [-0.39, 0.29) is 17.6 Å². The minimum Gasteiger partial charge on any atom is -0.480 e. The molecule has 4 rings (SSSR count). The van der Waals surface area contributed by atoms with Gasteiger partial charge in [0.1, 0.15) is 5.56 Å². The molecule has 1 amide bonds. The number of carbonyl (C=O) groups is 2. The van der Waals surface area contributed by atoms with E-state index in [0.29, 0.717) is 30.4 Å². The minimum absolute atomic E-state index is 0.000886. The lowest BCUT2D eigenvalue weighted by molar-refractivity contribution is 0.0629. The van der Waals surface area contributed by atoms with Crippen LogP contribution in [0.4, 0.5) is 0 Å². The Hall–Kier alpha value is -2.70. The third kappa shape index (κ3) is 3.22. The Morgan fingerprint density at radius 2 is 2.11 bits per heavy atom. The van der Waals surface area contributed by atoms with Gasteiger partial charge in [0.2, 0.25) is 11.7 Å². The van der Waals surface area contributed by atoms with Crippen LogP contribution in [-0.2, 0) is 19.9 Å². The standard InChI is InChI=1S/C20H24N4O3/c1-23-10-8-21-18(23)17(25)14-6-4-9-24(12-14)20(26)15-11-13-5-3-7-16(13)22-19(15)27-2/h8,10-11,14H,3-7,9,12H2,1-2H3. The van der Waals surface area contributed by atoms with Crippen molar-refractivity contribution < 1.29 is 14.3 Å². The van der Waals surface area contributed by atoms with Crippen molar-refractivity contribution in [2.24, 2.45) is 13.0 Å². The molecule has 142 valence electrons. The van der Waals surface area contributed by atoms with Gasteiger partial charge in [0.05, 0.1) is 7.11 Å². The monoisotopic (exact) mass is 368 g/mol. The third-order valence-electron chi connectivity index (χ3n) is 5.56. The van der Waals surface area contributed by atoms with Crippen LogP contribution in [0.15, 0.2) is 18.5 Å². The predicted octanol–water partition coefficient (Wildman–Crippen LogP) is 2.05. The van der Waals surface area contributed by atoms with Crippen molar-refractivity contribution >= 4 is 11.7 Å². The van der Waals surface area contributed by atoms with Crippen LogP contribution in [0.1, 0.15) is 51.5 Å². The van der Waals surface area contributed by atoms with Gasteiger partial charge in [-0.1, -0.05) is 0 Å². The van der Waals surface area contributed by atoms with Gasteiger partial charge in [0, 0.05) is 44.1 Å². The smallest absolute Gasteiger partial charge is 0.259 e. The molecule has 1 unspecified atom stereocenters. The summed E-state index contributed by atoms with van der Waals surface area (Å²) >= 11 is 0. The van der Waals surface area contributed by atoms with Gasteiger partial charge in [0.25, 0.3) is 5.91 Å². The van der Waals surface area contributed by atoms with E-state index in [9.17, 15) is 9.59 Å². The Morgan fingerprint density at radius 3 is 2.85 bits per heavy atom. The van der Waals surface area contributed by atoms with Crippen molar-refractivity contribution in [2.45, 2.75) is 32.1 Å². The van der Waals surface area contributed by atoms with Crippen LogP contribution in [0.2, 0.25) is 0 Å². The maximum Gasteiger partial charge on any atom is 0.259 e. The van der Waals surface area contributed by atoms with E-state index in [4.69, 9.17) is 4.74 Å². The number of carbonyl (C=O) groups excluding carboxylic acids is 2. The van der Waals surface area contributed by atoms with Gasteiger partial charge in [-0.15, -0.1) is 0 Å². The predicted molar refractivity (Wildman–Crippen MR) is 99.0 cm³/mol. The van der Waals surface area contributed by atoms with Crippen molar-refractivity contribution in [3.63, 3.8) is 0 Å². The number of hydrogen-bond acceptors (Lipinski definition) is 5. The van der Waals surface area contributed by atoms with Crippen LogP contribution < -0.4 is 4.74 Å². The first kappa shape index (κ1) is 17.7. The summed E-state index contributed by atoms with van der Waals surface area (Å²) in [5, 5.41) is 0. The lowest BCUT2D eigenvalue weighted by atomic mass is 9.92. The Labute approximate surface area is 158 Å². The highest BCUT2D eigenvalue weighted by atomic mass is 16.5. The molecule has 0 bridgehead atoms. The fourth-order valence-corrected chi connectivity index (χ4v) is 4.09. The van der Waals surface area contributed by atoms with Gasteiger partial charge in [-0.3, -0.25) is 9.59 Å². The van der Waals surface area contributed by atoms with Crippen LogP contribution in [0.5, 0.6) is 5.88 Å². The Morgan fingerprint density at radius 1 is 1.26 bits per heavy atom. The molecule has 0 aromatic carbocycles. The van der Waals surface area contributed by atoms with Crippen molar-refractivity contribution in [1.29, 1.82) is 0 Å². The second-order valence-electron chi connectivity index (χ2n) is 7.32. The van der Waals surface area contributed by atoms with Crippen molar-refractivity contribution in [3.05, 3.63) is 41.1 Å². The molecule has 0 radical (unpaired) electrons. The van der Waals surface area contributed by atoms with Gasteiger partial charge >= 0.3 is 0 Å². The second kappa shape index (κ2) is 7.13. The number of fused-ring (bicyclic) bond motifs is 1. The molecular formula is C20H24N4O3. The van der Waals surface area contributed by atoms with Crippen molar-refractivity contribution in [3.8, 4) is 5.88 Å². The van der Waals surface area contributed by atoms with Gasteiger partial charge in [-0.25, -0.2) is 9.97 Å². The van der Waals surface area contributed by atoms with Gasteiger partial charge in [-0.2, -0.15) is 0 Å². The zero-order valence-corrected chi connectivity index (χ0v) is 15.8. The Bertz CT molecular complexity index is 889. The van der Waals surface area contributed by atoms with E-state index in [1.807, 2.05) is 13.1 Å². The van der Waals surface area contributed by atoms with Crippen LogP contribution in [0, 0.1) is 5.92 Å². The fraction of sp³-hybridized carbons (Fsp3) is 0.500. The normalized spacial score (nSPS) is 19.0. The highest BCUT2D eigenvalue weighted by molar-refractivity contribution is 5.98. The lowest BCUT2D eigenvalue weighted by Gasteiger charge is -2.32. The van der Waals surface area contributed by atoms with Crippen LogP contribution in [-0.4, -0.2) is 51.3 Å². The van der Waals surface area contributed by atoms with Crippen molar-refractivity contribution in [1.82, 2.24) is 19.4 Å². The zero-order valence-electron chi connectivity index (χ0n) is 15.8. The second-order valence-corrected chi connectivity index (χ2v) is 7.32. The number of hydrogen-bond donors (Lipinski definition) is 0. The number of ether oxygens (including phenoxy) is 1. The Kier molecular flexibility index (Phi) is 4.68. The summed E-state index contributed by atoms with van der Waals surface area (Å²) in [6, 6.07) is 1.93. The van der Waals surface area contributed by atoms with Gasteiger partial charge in [0.15, 0.2) is 5.82 Å². The number of likely N-dealkylation sites (tertiary alicyclic amines) is 1. The molecule has 1 aliphatic heterocycles. The van der Waals surface area contributed by atoms with Gasteiger partial charge in [-0.05, 0) is 43.7 Å². The molecule has 0 saturated carbocycles. The molecule has 1 aliphatic carbocycles. The highest BCUT2D eigenvalue weighted by Crippen LogP contribution is 2.29. The molecule has 1 fully saturated rings. The number of nitrogens with zero attached hydrogens (tertiary/aromatic N) is 4. The van der Waals surface area contributed by atoms with Crippen LogP contribution >= 0.6 is 0 Å². The molecule has 2 aromatic heterocycles. The number of ketones is 1. The summed E-state index contributed by atoms with van der Waals surface area (Å²) in [5.74, 6) is 0.506. The number of methoxy groups -OCH3 is 1. The number of piperidine rings is 1. The maximum absolute atomic E-state index is 13.2. The molecular weight excluding hydrogens is 344 g/mol. The number of rotatable bonds is 4. The molecule has 0 spiro atoms. The minimum atomic E-state index is -0.225. The molecule has 1 atom stereocenters. The van der Waals surface area contributed by atoms with E-state index >= 15 is 0 Å². The first-order valence-electron chi connectivity index (χ1n) is 9.46. The molecule has 2 aromatic rings. The maximum atomic E-state index is 13.2. The summed E-state index contributed by atoms with van der Waals surface area (Å²) in [4.78, 5) is 36.4. The number of pyridine rings is 1. The van der Waals surface area contributed by atoms with Crippen LogP contribution in [0.3, 0.4) is 0 Å². The fourth-order valence-electron chi connectivity index (χ4n) is 4.09. The number of imidazole rings is 1. The summed E-state index contributed by atoms with van der Waals surface area (Å²) in [5.41, 5.74) is 2.67. The van der Waals surface area contributed by atoms with Crippen molar-refractivity contribution in [2.75, 3.05) is 20.2 Å². The Balaban J connectivity index is 1.56. The molecule has 7 nitrogen and oxygen atoms in total. The summed E-state index contributed by atoms with van der Waals surface area (Å²) in [6.07, 6.45) is 7.91. The first-order valence-corrected chi connectivity index (χ1v) is 9.46. The number of Topliss-reactive ketones (excluding diaryl/α,β-unsaturated/α-hetero) is 1. The summed E-state index contributed by atoms with van der Waals surface area (Å²) in [7, 11) is 3.36. The highest BCUT2D eigenvalue weighted by Gasteiger charge is 2.32. The zero-order chi connectivity index (χ0) is 19.0. The van der Waals surface area contributed by atoms with E-state index in [0.717, 1.165) is 43.4 Å². The summed E-state index contributed by atoms with van der Waals surface area (Å²) < 4.78 is 7.13. The quantitative estimate of drug-likeness (QED) is 0.772. The van der Waals surface area contributed by atoms with E-state index in [1.54, 1.807) is 29.0 Å². The molecule has 0 N–H and O–H groups in total. The number of aryl methyl sites for hydroxylation is 3. The summed E-state index contributed by atoms with van der Waals surface area (Å²) in [6.45, 7) is 1.05. The lowest BCUT2D eigenvalue weighted by Crippen LogP contribution is -2.43. The molecule has 7 heteroatoms. The van der Waals surface area contributed by atoms with E-state index in [2.05, 4.69) is 9.97 Å². The SMILES string of the molecule is COc1nc2c(cc1C(=O)N1CCCC(C(=O)c3nccn3C)C1)CCC2. The largest absolute Gasteiger partial charge is 0.480 e. The van der Waals surface area contributed by atoms with E-state index in [1.165, 1.54) is 0 Å². The van der Waals surface area contributed by atoms with E-state index < -0.39 is 0 Å². The molecule has 3 heterocycles. The molecule has 27 heavy (non-hydrogen) atoms. The average Bonchev–Trinajstić information content (AvgIpc) is 3.34. The average molecular weight is 368 g/mol. The van der Waals surface area contributed by atoms with Crippen LogP contribution in [0.25, 0.3) is 0 Å². The topological polar surface area (TPSA) is 77.3 Å². The molecule has 1 saturated heterocycles. The molecule has 2 aliphatic rings. The third-order valence-corrected chi connectivity index (χ3v) is 5.56. The first-order chi connectivity index (χ1) is 13.1. The number of amides is 1.